The fourth-order valence-corrected chi connectivity index (χ4v) is 2.19. The van der Waals surface area contributed by atoms with Crippen LogP contribution in [0.15, 0.2) is 24.3 Å². The van der Waals surface area contributed by atoms with Gasteiger partial charge in [0.1, 0.15) is 0 Å². The van der Waals surface area contributed by atoms with Crippen molar-refractivity contribution in [2.24, 2.45) is 0 Å². The van der Waals surface area contributed by atoms with E-state index in [2.05, 4.69) is 0 Å². The van der Waals surface area contributed by atoms with Gasteiger partial charge in [0.05, 0.1) is 22.7 Å². The van der Waals surface area contributed by atoms with E-state index in [4.69, 9.17) is 27.7 Å². The van der Waals surface area contributed by atoms with Gasteiger partial charge in [-0.3, -0.25) is 0 Å². The van der Waals surface area contributed by atoms with Crippen LogP contribution in [-0.2, 0) is 4.74 Å². The van der Waals surface area contributed by atoms with Crippen molar-refractivity contribution >= 4 is 22.7 Å². The number of ether oxygens (including phenoxy) is 1. The smallest absolute Gasteiger partial charge is 0.0577 e. The maximum absolute atomic E-state index is 5.88. The van der Waals surface area contributed by atoms with Crippen LogP contribution in [0.2, 0.25) is 0 Å². The third-order valence-corrected chi connectivity index (χ3v) is 3.58. The van der Waals surface area contributed by atoms with Crippen molar-refractivity contribution in [3.8, 4) is 11.1 Å². The molecule has 8 N–H and O–H groups in total. The van der Waals surface area contributed by atoms with Gasteiger partial charge in [-0.25, -0.2) is 0 Å². The Balaban J connectivity index is 0.000000463. The predicted molar refractivity (Wildman–Crippen MR) is 101 cm³/mol. The quantitative estimate of drug-likeness (QED) is 0.649. The van der Waals surface area contributed by atoms with Gasteiger partial charge >= 0.3 is 0 Å². The van der Waals surface area contributed by atoms with Crippen LogP contribution in [0.4, 0.5) is 22.7 Å². The van der Waals surface area contributed by atoms with Gasteiger partial charge in [-0.15, -0.1) is 0 Å². The maximum atomic E-state index is 5.88. The molecule has 2 aromatic rings. The van der Waals surface area contributed by atoms with Crippen molar-refractivity contribution in [1.29, 1.82) is 0 Å². The molecule has 0 aliphatic rings. The van der Waals surface area contributed by atoms with Gasteiger partial charge in [0.15, 0.2) is 0 Å². The molecule has 0 bridgehead atoms. The summed E-state index contributed by atoms with van der Waals surface area (Å²) < 4.78 is 4.83. The summed E-state index contributed by atoms with van der Waals surface area (Å²) in [7, 11) is 0. The zero-order valence-electron chi connectivity index (χ0n) is 14.4. The molecule has 0 amide bonds. The van der Waals surface area contributed by atoms with Gasteiger partial charge in [-0.2, -0.15) is 0 Å². The molecule has 0 aliphatic heterocycles. The Labute approximate surface area is 138 Å². The SMILES string of the molecule is CCOCC.Cc1cc(-c2cc(C)c(N)c(N)c2)cc(N)c1N. The number of hydrogen-bond acceptors (Lipinski definition) is 5. The number of nitrogen functional groups attached to an aromatic ring is 4. The maximum Gasteiger partial charge on any atom is 0.0577 e. The summed E-state index contributed by atoms with van der Waals surface area (Å²) in [6.45, 7) is 9.53. The van der Waals surface area contributed by atoms with E-state index >= 15 is 0 Å². The summed E-state index contributed by atoms with van der Waals surface area (Å²) in [4.78, 5) is 0. The van der Waals surface area contributed by atoms with Crippen LogP contribution in [0, 0.1) is 13.8 Å². The Morgan fingerprint density at radius 1 is 0.696 bits per heavy atom. The van der Waals surface area contributed by atoms with Crippen molar-refractivity contribution in [2.45, 2.75) is 27.7 Å². The minimum Gasteiger partial charge on any atom is -0.397 e. The largest absolute Gasteiger partial charge is 0.397 e. The Bertz CT molecular complexity index is 565. The first kappa shape index (κ1) is 18.6. The van der Waals surface area contributed by atoms with Crippen molar-refractivity contribution < 1.29 is 4.74 Å². The molecule has 0 radical (unpaired) electrons. The van der Waals surface area contributed by atoms with Gasteiger partial charge in [0, 0.05) is 13.2 Å². The standard InChI is InChI=1S/C14H18N4.C4H10O/c1-7-3-9(5-11(15)13(7)17)10-4-8(2)14(18)12(16)6-10;1-3-5-4-2/h3-6H,15-18H2,1-2H3;3-4H2,1-2H3. The second kappa shape index (κ2) is 8.29. The number of benzene rings is 2. The highest BCUT2D eigenvalue weighted by atomic mass is 16.5. The van der Waals surface area contributed by atoms with Gasteiger partial charge < -0.3 is 27.7 Å². The van der Waals surface area contributed by atoms with E-state index in [1.165, 1.54) is 0 Å². The molecule has 0 saturated carbocycles. The van der Waals surface area contributed by atoms with Crippen LogP contribution in [0.1, 0.15) is 25.0 Å². The molecule has 0 aliphatic carbocycles. The minimum atomic E-state index is 0.582. The lowest BCUT2D eigenvalue weighted by Crippen LogP contribution is -2.00. The second-order valence-electron chi connectivity index (χ2n) is 5.37. The molecule has 0 spiro atoms. The molecule has 0 fully saturated rings. The molecule has 0 atom stereocenters. The van der Waals surface area contributed by atoms with Crippen LogP contribution in [-0.4, -0.2) is 13.2 Å². The molecular formula is C18H28N4O. The van der Waals surface area contributed by atoms with E-state index in [-0.39, 0.29) is 0 Å². The Morgan fingerprint density at radius 2 is 1.04 bits per heavy atom. The summed E-state index contributed by atoms with van der Waals surface area (Å²) in [6, 6.07) is 7.70. The van der Waals surface area contributed by atoms with Crippen LogP contribution in [0.5, 0.6) is 0 Å². The molecule has 2 aromatic carbocycles. The van der Waals surface area contributed by atoms with Crippen molar-refractivity contribution in [1.82, 2.24) is 0 Å². The van der Waals surface area contributed by atoms with Crippen molar-refractivity contribution in [2.75, 3.05) is 36.1 Å². The number of aryl methyl sites for hydroxylation is 2. The summed E-state index contributed by atoms with van der Waals surface area (Å²) in [5.41, 5.74) is 29.8. The second-order valence-corrected chi connectivity index (χ2v) is 5.37. The van der Waals surface area contributed by atoms with E-state index in [1.54, 1.807) is 0 Å². The Kier molecular flexibility index (Phi) is 6.72. The molecule has 5 nitrogen and oxygen atoms in total. The zero-order valence-corrected chi connectivity index (χ0v) is 14.4. The number of rotatable bonds is 3. The molecule has 5 heteroatoms. The fourth-order valence-electron chi connectivity index (χ4n) is 2.19. The summed E-state index contributed by atoms with van der Waals surface area (Å²) in [6.07, 6.45) is 0. The highest BCUT2D eigenvalue weighted by Gasteiger charge is 2.07. The van der Waals surface area contributed by atoms with Crippen molar-refractivity contribution in [3.05, 3.63) is 35.4 Å². The summed E-state index contributed by atoms with van der Waals surface area (Å²) in [5, 5.41) is 0. The minimum absolute atomic E-state index is 0.582. The predicted octanol–water partition coefficient (Wildman–Crippen LogP) is 3.34. The van der Waals surface area contributed by atoms with Crippen LogP contribution in [0.3, 0.4) is 0 Å². The van der Waals surface area contributed by atoms with E-state index in [1.807, 2.05) is 52.0 Å². The monoisotopic (exact) mass is 316 g/mol. The topological polar surface area (TPSA) is 113 Å². The first-order chi connectivity index (χ1) is 10.8. The normalized spacial score (nSPS) is 10.1. The molecule has 0 heterocycles. The number of nitrogens with two attached hydrogens (primary N) is 4. The van der Waals surface area contributed by atoms with E-state index in [0.717, 1.165) is 35.5 Å². The molecular weight excluding hydrogens is 288 g/mol. The van der Waals surface area contributed by atoms with Gasteiger partial charge in [0.25, 0.3) is 0 Å². The van der Waals surface area contributed by atoms with Crippen molar-refractivity contribution in [3.63, 3.8) is 0 Å². The van der Waals surface area contributed by atoms with Crippen LogP contribution in [0.25, 0.3) is 11.1 Å². The van der Waals surface area contributed by atoms with Gasteiger partial charge in [0.2, 0.25) is 0 Å². The molecule has 126 valence electrons. The third-order valence-electron chi connectivity index (χ3n) is 3.58. The van der Waals surface area contributed by atoms with Crippen LogP contribution >= 0.6 is 0 Å². The lowest BCUT2D eigenvalue weighted by atomic mass is 9.98. The lowest BCUT2D eigenvalue weighted by molar-refractivity contribution is 0.162. The highest BCUT2D eigenvalue weighted by Crippen LogP contribution is 2.32. The highest BCUT2D eigenvalue weighted by molar-refractivity contribution is 5.82. The van der Waals surface area contributed by atoms with E-state index in [0.29, 0.717) is 22.7 Å². The summed E-state index contributed by atoms with van der Waals surface area (Å²) >= 11 is 0. The zero-order chi connectivity index (χ0) is 17.6. The van der Waals surface area contributed by atoms with Gasteiger partial charge in [-0.1, -0.05) is 0 Å². The average molecular weight is 316 g/mol. The Hall–Kier alpha value is -2.40. The van der Waals surface area contributed by atoms with E-state index in [9.17, 15) is 0 Å². The average Bonchev–Trinajstić information content (AvgIpc) is 2.50. The molecule has 23 heavy (non-hydrogen) atoms. The Morgan fingerprint density at radius 3 is 1.26 bits per heavy atom. The molecule has 0 aromatic heterocycles. The molecule has 2 rings (SSSR count). The first-order valence-electron chi connectivity index (χ1n) is 7.71. The lowest BCUT2D eigenvalue weighted by Gasteiger charge is -2.12. The van der Waals surface area contributed by atoms with Crippen LogP contribution < -0.4 is 22.9 Å². The summed E-state index contributed by atoms with van der Waals surface area (Å²) in [5.74, 6) is 0. The van der Waals surface area contributed by atoms with Gasteiger partial charge in [-0.05, 0) is 74.2 Å². The number of hydrogen-bond donors (Lipinski definition) is 4. The number of anilines is 4. The third kappa shape index (κ3) is 4.79. The first-order valence-corrected chi connectivity index (χ1v) is 7.71. The van der Waals surface area contributed by atoms with E-state index < -0.39 is 0 Å². The molecule has 0 saturated heterocycles. The molecule has 0 unspecified atom stereocenters. The fraction of sp³-hybridized carbons (Fsp3) is 0.333.